The number of rotatable bonds is 16. The lowest BCUT2D eigenvalue weighted by molar-refractivity contribution is -0.155. The molecule has 3 aromatic rings. The largest absolute Gasteiger partial charge is 0.481 e. The van der Waals surface area contributed by atoms with Gasteiger partial charge < -0.3 is 36.5 Å². The lowest BCUT2D eigenvalue weighted by Gasteiger charge is -2.21. The fraction of sp³-hybridized carbons (Fsp3) is 0.333. The maximum Gasteiger partial charge on any atom is 0.326 e. The summed E-state index contributed by atoms with van der Waals surface area (Å²) in [5.41, 5.74) is 8.90. The zero-order chi connectivity index (χ0) is 31.2. The molecule has 2 aromatic carbocycles. The van der Waals surface area contributed by atoms with Gasteiger partial charge in [0.15, 0.2) is 6.10 Å². The minimum Gasteiger partial charge on any atom is -0.481 e. The molecule has 0 aliphatic rings. The molecule has 0 saturated carbocycles. The number of amides is 3. The SMILES string of the molecule is Cc1[nH]cnc1CC(OC(=O)CNC(=O)[C@H](Cc1ccccc1)NC(=O)[C@@H](N)Cc1ccccc1)C(=O)NCCC(=O)O. The van der Waals surface area contributed by atoms with Gasteiger partial charge in [0, 0.05) is 25.1 Å². The molecule has 1 unspecified atom stereocenters. The monoisotopic (exact) mass is 592 g/mol. The molecule has 0 aliphatic carbocycles. The number of ether oxygens (including phenoxy) is 1. The first-order chi connectivity index (χ1) is 20.6. The number of H-pyrrole nitrogens is 1. The Bertz CT molecular complexity index is 1380. The summed E-state index contributed by atoms with van der Waals surface area (Å²) in [6.45, 7) is 0.983. The van der Waals surface area contributed by atoms with Crippen LogP contribution in [0.5, 0.6) is 0 Å². The second-order valence-electron chi connectivity index (χ2n) is 9.86. The van der Waals surface area contributed by atoms with Crippen LogP contribution in [-0.2, 0) is 48.0 Å². The van der Waals surface area contributed by atoms with Crippen molar-refractivity contribution in [1.82, 2.24) is 25.9 Å². The van der Waals surface area contributed by atoms with E-state index in [2.05, 4.69) is 25.9 Å². The average molecular weight is 593 g/mol. The lowest BCUT2D eigenvalue weighted by atomic mass is 10.0. The standard InChI is InChI=1S/C30H36N6O7/c1-19-23(35-18-34-19)16-25(30(42)32-13-12-26(37)38)43-27(39)17-33-29(41)24(15-21-10-6-3-7-11-21)36-28(40)22(31)14-20-8-4-2-5-9-20/h2-11,18,22,24-25H,12-17,31H2,1H3,(H,32,42)(H,33,41)(H,34,35)(H,36,40)(H,37,38)/t22-,24-,25?/m0/s1. The van der Waals surface area contributed by atoms with Crippen LogP contribution in [0.4, 0.5) is 0 Å². The number of nitrogens with zero attached hydrogens (tertiary/aromatic N) is 1. The van der Waals surface area contributed by atoms with Crippen LogP contribution in [-0.4, -0.2) is 76.0 Å². The Balaban J connectivity index is 1.63. The minimum absolute atomic E-state index is 0.0695. The number of aliphatic carboxylic acids is 1. The molecule has 13 heteroatoms. The fourth-order valence-corrected chi connectivity index (χ4v) is 4.14. The van der Waals surface area contributed by atoms with Crippen LogP contribution < -0.4 is 21.7 Å². The highest BCUT2D eigenvalue weighted by Crippen LogP contribution is 2.09. The van der Waals surface area contributed by atoms with Crippen molar-refractivity contribution < 1.29 is 33.8 Å². The number of carbonyl (C=O) groups excluding carboxylic acids is 4. The number of benzene rings is 2. The van der Waals surface area contributed by atoms with Gasteiger partial charge in [0.1, 0.15) is 12.6 Å². The van der Waals surface area contributed by atoms with Crippen molar-refractivity contribution in [3.63, 3.8) is 0 Å². The molecule has 0 aliphatic heterocycles. The highest BCUT2D eigenvalue weighted by molar-refractivity contribution is 5.92. The van der Waals surface area contributed by atoms with Gasteiger partial charge in [-0.1, -0.05) is 60.7 Å². The van der Waals surface area contributed by atoms with E-state index in [4.69, 9.17) is 15.6 Å². The number of carbonyl (C=O) groups is 5. The molecule has 0 spiro atoms. The molecule has 1 heterocycles. The quantitative estimate of drug-likeness (QED) is 0.125. The average Bonchev–Trinajstić information content (AvgIpc) is 3.39. The van der Waals surface area contributed by atoms with Crippen molar-refractivity contribution in [2.45, 2.75) is 50.8 Å². The van der Waals surface area contributed by atoms with E-state index in [9.17, 15) is 24.0 Å². The zero-order valence-corrected chi connectivity index (χ0v) is 23.7. The van der Waals surface area contributed by atoms with Crippen LogP contribution in [0.1, 0.15) is 28.9 Å². The second-order valence-corrected chi connectivity index (χ2v) is 9.86. The van der Waals surface area contributed by atoms with Crippen LogP contribution in [0.15, 0.2) is 67.0 Å². The van der Waals surface area contributed by atoms with Crippen LogP contribution in [0, 0.1) is 6.92 Å². The summed E-state index contributed by atoms with van der Waals surface area (Å²) < 4.78 is 5.36. The summed E-state index contributed by atoms with van der Waals surface area (Å²) in [4.78, 5) is 69.3. The Labute approximate surface area is 248 Å². The van der Waals surface area contributed by atoms with Crippen LogP contribution in [0.25, 0.3) is 0 Å². The third-order valence-electron chi connectivity index (χ3n) is 6.48. The third-order valence-corrected chi connectivity index (χ3v) is 6.48. The molecule has 0 radical (unpaired) electrons. The summed E-state index contributed by atoms with van der Waals surface area (Å²) in [5.74, 6) is -3.89. The number of hydrogen-bond acceptors (Lipinski definition) is 8. The molecule has 3 rings (SSSR count). The first-order valence-electron chi connectivity index (χ1n) is 13.7. The molecular weight excluding hydrogens is 556 g/mol. The van der Waals surface area contributed by atoms with Gasteiger partial charge in [0.25, 0.3) is 5.91 Å². The van der Waals surface area contributed by atoms with E-state index >= 15 is 0 Å². The Morgan fingerprint density at radius 2 is 1.51 bits per heavy atom. The van der Waals surface area contributed by atoms with Crippen LogP contribution in [0.3, 0.4) is 0 Å². The zero-order valence-electron chi connectivity index (χ0n) is 23.7. The van der Waals surface area contributed by atoms with E-state index in [0.717, 1.165) is 11.1 Å². The lowest BCUT2D eigenvalue weighted by Crippen LogP contribution is -2.53. The summed E-state index contributed by atoms with van der Waals surface area (Å²) in [5, 5.41) is 16.4. The summed E-state index contributed by atoms with van der Waals surface area (Å²) >= 11 is 0. The number of hydrogen-bond donors (Lipinski definition) is 6. The van der Waals surface area contributed by atoms with Gasteiger partial charge in [0.05, 0.1) is 24.5 Å². The fourth-order valence-electron chi connectivity index (χ4n) is 4.14. The predicted molar refractivity (Wildman–Crippen MR) is 155 cm³/mol. The van der Waals surface area contributed by atoms with Gasteiger partial charge in [-0.15, -0.1) is 0 Å². The van der Waals surface area contributed by atoms with E-state index in [0.29, 0.717) is 11.4 Å². The van der Waals surface area contributed by atoms with E-state index < -0.39 is 54.4 Å². The molecule has 43 heavy (non-hydrogen) atoms. The highest BCUT2D eigenvalue weighted by Gasteiger charge is 2.28. The van der Waals surface area contributed by atoms with Crippen molar-refractivity contribution in [3.8, 4) is 0 Å². The molecular formula is C30H36N6O7. The van der Waals surface area contributed by atoms with Crippen LogP contribution in [0.2, 0.25) is 0 Å². The number of aryl methyl sites for hydroxylation is 1. The number of carboxylic acids is 1. The Kier molecular flexibility index (Phi) is 12.4. The number of nitrogens with two attached hydrogens (primary N) is 1. The molecule has 3 atom stereocenters. The maximum atomic E-state index is 13.2. The molecule has 1 aromatic heterocycles. The number of aromatic amines is 1. The molecule has 228 valence electrons. The maximum absolute atomic E-state index is 13.2. The topological polar surface area (TPSA) is 206 Å². The molecule has 0 bridgehead atoms. The number of imidazole rings is 1. The number of carboxylic acid groups (broad SMARTS) is 1. The van der Waals surface area contributed by atoms with Crippen molar-refractivity contribution in [2.24, 2.45) is 5.73 Å². The molecule has 13 nitrogen and oxygen atoms in total. The van der Waals surface area contributed by atoms with Crippen molar-refractivity contribution in [3.05, 3.63) is 89.5 Å². The van der Waals surface area contributed by atoms with Crippen molar-refractivity contribution in [2.75, 3.05) is 13.1 Å². The first-order valence-corrected chi connectivity index (χ1v) is 13.7. The molecule has 0 fully saturated rings. The van der Waals surface area contributed by atoms with Gasteiger partial charge in [0.2, 0.25) is 11.8 Å². The first kappa shape index (κ1) is 32.5. The molecule has 3 amide bonds. The number of aromatic nitrogens is 2. The third kappa shape index (κ3) is 11.0. The smallest absolute Gasteiger partial charge is 0.326 e. The van der Waals surface area contributed by atoms with Crippen molar-refractivity contribution >= 4 is 29.7 Å². The normalized spacial score (nSPS) is 12.8. The van der Waals surface area contributed by atoms with E-state index in [1.807, 2.05) is 36.4 Å². The minimum atomic E-state index is -1.32. The van der Waals surface area contributed by atoms with E-state index in [1.165, 1.54) is 6.33 Å². The Morgan fingerprint density at radius 3 is 2.09 bits per heavy atom. The van der Waals surface area contributed by atoms with E-state index in [-0.39, 0.29) is 32.2 Å². The second kappa shape index (κ2) is 16.4. The van der Waals surface area contributed by atoms with E-state index in [1.54, 1.807) is 31.2 Å². The number of nitrogens with one attached hydrogen (secondary N) is 4. The van der Waals surface area contributed by atoms with Gasteiger partial charge in [-0.3, -0.25) is 24.0 Å². The Hall–Kier alpha value is -5.04. The number of esters is 1. The van der Waals surface area contributed by atoms with Crippen molar-refractivity contribution in [1.29, 1.82) is 0 Å². The summed E-state index contributed by atoms with van der Waals surface area (Å²) in [7, 11) is 0. The van der Waals surface area contributed by atoms with Gasteiger partial charge >= 0.3 is 11.9 Å². The summed E-state index contributed by atoms with van der Waals surface area (Å²) in [6.07, 6.45) is 0.130. The van der Waals surface area contributed by atoms with Crippen LogP contribution >= 0.6 is 0 Å². The molecule has 0 saturated heterocycles. The molecule has 7 N–H and O–H groups in total. The van der Waals surface area contributed by atoms with Gasteiger partial charge in [-0.25, -0.2) is 4.98 Å². The van der Waals surface area contributed by atoms with Gasteiger partial charge in [-0.2, -0.15) is 0 Å². The Morgan fingerprint density at radius 1 is 0.884 bits per heavy atom. The summed E-state index contributed by atoms with van der Waals surface area (Å²) in [6, 6.07) is 16.3. The predicted octanol–water partition coefficient (Wildman–Crippen LogP) is 0.177. The van der Waals surface area contributed by atoms with Gasteiger partial charge in [-0.05, 0) is 24.5 Å². The highest BCUT2D eigenvalue weighted by atomic mass is 16.5.